The number of halogens is 2. The minimum atomic E-state index is -0.389. The molecule has 1 heterocycles. The fourth-order valence-corrected chi connectivity index (χ4v) is 3.81. The van der Waals surface area contributed by atoms with E-state index in [2.05, 4.69) is 20.8 Å². The molecule has 0 aliphatic heterocycles. The van der Waals surface area contributed by atoms with Gasteiger partial charge in [-0.15, -0.1) is 5.10 Å². The van der Waals surface area contributed by atoms with Crippen molar-refractivity contribution in [3.05, 3.63) is 58.4 Å². The van der Waals surface area contributed by atoms with Crippen molar-refractivity contribution in [3.8, 4) is 11.5 Å². The molecule has 166 valence electrons. The molecule has 7 nitrogen and oxygen atoms in total. The van der Waals surface area contributed by atoms with Crippen LogP contribution in [-0.4, -0.2) is 39.1 Å². The summed E-state index contributed by atoms with van der Waals surface area (Å²) in [5, 5.41) is 16.0. The van der Waals surface area contributed by atoms with Crippen LogP contribution in [-0.2, 0) is 20.2 Å². The van der Waals surface area contributed by atoms with Crippen molar-refractivity contribution in [2.75, 3.05) is 18.9 Å². The van der Waals surface area contributed by atoms with E-state index in [0.717, 1.165) is 29.4 Å². The molecule has 0 saturated carbocycles. The summed E-state index contributed by atoms with van der Waals surface area (Å²) < 4.78 is 27.2. The van der Waals surface area contributed by atoms with Crippen LogP contribution in [0.25, 0.3) is 0 Å². The van der Waals surface area contributed by atoms with Crippen LogP contribution in [0.5, 0.6) is 11.5 Å². The quantitative estimate of drug-likeness (QED) is 0.316. The van der Waals surface area contributed by atoms with Gasteiger partial charge in [0.25, 0.3) is 0 Å². The van der Waals surface area contributed by atoms with Crippen LogP contribution >= 0.6 is 23.4 Å². The van der Waals surface area contributed by atoms with Crippen LogP contribution in [0.1, 0.15) is 24.5 Å². The lowest BCUT2D eigenvalue weighted by Crippen LogP contribution is -2.15. The van der Waals surface area contributed by atoms with Crippen molar-refractivity contribution < 1.29 is 13.9 Å². The number of aromatic nitrogens is 4. The highest BCUT2D eigenvalue weighted by atomic mass is 35.5. The van der Waals surface area contributed by atoms with Crippen molar-refractivity contribution in [3.63, 3.8) is 0 Å². The maximum Gasteiger partial charge on any atom is 0.209 e. The van der Waals surface area contributed by atoms with Crippen molar-refractivity contribution in [1.29, 1.82) is 0 Å². The molecule has 0 bridgehead atoms. The first-order valence-corrected chi connectivity index (χ1v) is 11.3. The van der Waals surface area contributed by atoms with Gasteiger partial charge >= 0.3 is 0 Å². The second-order valence-electron chi connectivity index (χ2n) is 6.67. The monoisotopic (exact) mass is 465 g/mol. The number of nitrogens with one attached hydrogen (secondary N) is 1. The number of ether oxygens (including phenoxy) is 2. The molecule has 0 spiro atoms. The molecule has 0 saturated heterocycles. The summed E-state index contributed by atoms with van der Waals surface area (Å²) in [6, 6.07) is 10.3. The number of thioether (sulfide) groups is 1. The summed E-state index contributed by atoms with van der Waals surface area (Å²) in [5.74, 6) is 1.72. The highest BCUT2D eigenvalue weighted by Gasteiger charge is 2.11. The van der Waals surface area contributed by atoms with Gasteiger partial charge in [0.1, 0.15) is 12.4 Å². The standard InChI is InChI=1S/C21H25ClFN5O2S/c1-3-29-20-12-15(13-24-10-5-11-31-21-25-26-27-28(21)2)8-9-19(20)30-14-16-17(22)6-4-7-18(16)23/h4,6-9,12,24H,3,5,10-11,13-14H2,1-2H3. The van der Waals surface area contributed by atoms with Crippen LogP contribution in [0.4, 0.5) is 4.39 Å². The van der Waals surface area contributed by atoms with Crippen LogP contribution in [0, 0.1) is 5.82 Å². The Morgan fingerprint density at radius 1 is 1.19 bits per heavy atom. The van der Waals surface area contributed by atoms with Crippen molar-refractivity contribution >= 4 is 23.4 Å². The zero-order valence-corrected chi connectivity index (χ0v) is 19.0. The Hall–Kier alpha value is -2.36. The third kappa shape index (κ3) is 6.81. The zero-order chi connectivity index (χ0) is 22.1. The smallest absolute Gasteiger partial charge is 0.209 e. The Labute approximate surface area is 190 Å². The normalized spacial score (nSPS) is 11.0. The molecule has 1 N–H and O–H groups in total. The first kappa shape index (κ1) is 23.3. The summed E-state index contributed by atoms with van der Waals surface area (Å²) in [5.41, 5.74) is 1.40. The fourth-order valence-electron chi connectivity index (χ4n) is 2.81. The van der Waals surface area contributed by atoms with E-state index in [1.54, 1.807) is 28.6 Å². The number of hydrogen-bond donors (Lipinski definition) is 1. The van der Waals surface area contributed by atoms with Crippen molar-refractivity contribution in [2.24, 2.45) is 7.05 Å². The van der Waals surface area contributed by atoms with Gasteiger partial charge in [-0.2, -0.15) is 0 Å². The van der Waals surface area contributed by atoms with Gasteiger partial charge in [0.15, 0.2) is 11.5 Å². The molecule has 3 aromatic rings. The third-order valence-electron chi connectivity index (χ3n) is 4.38. The average molecular weight is 466 g/mol. The van der Waals surface area contributed by atoms with Gasteiger partial charge in [0.05, 0.1) is 11.6 Å². The largest absolute Gasteiger partial charge is 0.490 e. The molecule has 0 aliphatic carbocycles. The lowest BCUT2D eigenvalue weighted by atomic mass is 10.2. The molecule has 1 aromatic heterocycles. The van der Waals surface area contributed by atoms with Crippen LogP contribution in [0.3, 0.4) is 0 Å². The van der Waals surface area contributed by atoms with E-state index in [9.17, 15) is 4.39 Å². The maximum atomic E-state index is 14.0. The first-order valence-electron chi connectivity index (χ1n) is 9.95. The average Bonchev–Trinajstić information content (AvgIpc) is 3.16. The van der Waals surface area contributed by atoms with E-state index in [0.29, 0.717) is 35.2 Å². The molecule has 0 aliphatic rings. The van der Waals surface area contributed by atoms with E-state index in [1.807, 2.05) is 32.2 Å². The lowest BCUT2D eigenvalue weighted by Gasteiger charge is -2.14. The van der Waals surface area contributed by atoms with Crippen LogP contribution < -0.4 is 14.8 Å². The number of benzene rings is 2. The fraction of sp³-hybridized carbons (Fsp3) is 0.381. The van der Waals surface area contributed by atoms with E-state index >= 15 is 0 Å². The van der Waals surface area contributed by atoms with Gasteiger partial charge in [-0.25, -0.2) is 9.07 Å². The van der Waals surface area contributed by atoms with E-state index in [1.165, 1.54) is 6.07 Å². The van der Waals surface area contributed by atoms with Gasteiger partial charge in [0.2, 0.25) is 5.16 Å². The third-order valence-corrected chi connectivity index (χ3v) is 5.83. The first-order chi connectivity index (χ1) is 15.1. The number of nitrogens with zero attached hydrogens (tertiary/aromatic N) is 4. The Morgan fingerprint density at radius 3 is 2.81 bits per heavy atom. The van der Waals surface area contributed by atoms with Gasteiger partial charge < -0.3 is 14.8 Å². The molecular weight excluding hydrogens is 441 g/mol. The number of rotatable bonds is 12. The molecule has 0 fully saturated rings. The Kier molecular flexibility index (Phi) is 8.93. The SMILES string of the molecule is CCOc1cc(CNCCCSc2nnnn2C)ccc1OCc1c(F)cccc1Cl. The summed E-state index contributed by atoms with van der Waals surface area (Å²) in [7, 11) is 1.83. The highest BCUT2D eigenvalue weighted by molar-refractivity contribution is 7.99. The zero-order valence-electron chi connectivity index (χ0n) is 17.5. The predicted molar refractivity (Wildman–Crippen MR) is 119 cm³/mol. The summed E-state index contributed by atoms with van der Waals surface area (Å²) in [4.78, 5) is 0. The molecule has 0 amide bonds. The molecule has 31 heavy (non-hydrogen) atoms. The van der Waals surface area contributed by atoms with E-state index < -0.39 is 0 Å². The topological polar surface area (TPSA) is 74.1 Å². The van der Waals surface area contributed by atoms with Crippen LogP contribution in [0.15, 0.2) is 41.6 Å². The summed E-state index contributed by atoms with van der Waals surface area (Å²) in [6.07, 6.45) is 0.987. The van der Waals surface area contributed by atoms with Gasteiger partial charge in [0, 0.05) is 24.9 Å². The second kappa shape index (κ2) is 11.9. The Bertz CT molecular complexity index is 968. The molecule has 3 rings (SSSR count). The van der Waals surface area contributed by atoms with Gasteiger partial charge in [-0.05, 0) is 60.1 Å². The number of tetrazole rings is 1. The lowest BCUT2D eigenvalue weighted by molar-refractivity contribution is 0.265. The Balaban J connectivity index is 1.49. The minimum Gasteiger partial charge on any atom is -0.490 e. The summed E-state index contributed by atoms with van der Waals surface area (Å²) in [6.45, 7) is 4.01. The number of aryl methyl sites for hydroxylation is 1. The van der Waals surface area contributed by atoms with E-state index in [4.69, 9.17) is 21.1 Å². The predicted octanol–water partition coefficient (Wildman–Crippen LogP) is 4.25. The maximum absolute atomic E-state index is 14.0. The van der Waals surface area contributed by atoms with Crippen molar-refractivity contribution in [2.45, 2.75) is 31.7 Å². The molecule has 2 aromatic carbocycles. The number of hydrogen-bond acceptors (Lipinski definition) is 7. The molecular formula is C21H25ClFN5O2S. The molecule has 0 unspecified atom stereocenters. The molecule has 0 atom stereocenters. The summed E-state index contributed by atoms with van der Waals surface area (Å²) >= 11 is 7.71. The van der Waals surface area contributed by atoms with Gasteiger partial charge in [-0.1, -0.05) is 35.5 Å². The molecule has 0 radical (unpaired) electrons. The van der Waals surface area contributed by atoms with Crippen molar-refractivity contribution in [1.82, 2.24) is 25.5 Å². The highest BCUT2D eigenvalue weighted by Crippen LogP contribution is 2.30. The van der Waals surface area contributed by atoms with E-state index in [-0.39, 0.29) is 12.4 Å². The Morgan fingerprint density at radius 2 is 2.06 bits per heavy atom. The minimum absolute atomic E-state index is 0.0296. The second-order valence-corrected chi connectivity index (χ2v) is 8.14. The molecule has 10 heteroatoms. The van der Waals surface area contributed by atoms with Crippen LogP contribution in [0.2, 0.25) is 5.02 Å². The van der Waals surface area contributed by atoms with Gasteiger partial charge in [-0.3, -0.25) is 0 Å².